The number of anilines is 3. The Labute approximate surface area is 111 Å². The third-order valence-corrected chi connectivity index (χ3v) is 2.70. The van der Waals surface area contributed by atoms with Gasteiger partial charge in [0.25, 0.3) is 0 Å². The average molecular weight is 257 g/mol. The van der Waals surface area contributed by atoms with Crippen molar-refractivity contribution in [2.45, 2.75) is 0 Å². The lowest BCUT2D eigenvalue weighted by Crippen LogP contribution is -2.31. The molecule has 4 N–H and O–H groups in total. The molecular formula is C14H15N3O2. The van der Waals surface area contributed by atoms with E-state index in [-0.39, 0.29) is 11.8 Å². The molecule has 5 nitrogen and oxygen atoms in total. The summed E-state index contributed by atoms with van der Waals surface area (Å²) in [5.74, 6) is 0.163. The standard InChI is InChI=1S/C14H15N3O2/c1-17(12-6-8-13(18)9-7-12)14(19)16-11-4-2-10(15)3-5-11/h2-9,18H,15H2,1H3,(H,16,19). The van der Waals surface area contributed by atoms with Gasteiger partial charge in [0.1, 0.15) is 5.75 Å². The molecule has 0 aromatic heterocycles. The van der Waals surface area contributed by atoms with Crippen LogP contribution in [0.2, 0.25) is 0 Å². The molecule has 0 unspecified atom stereocenters. The maximum Gasteiger partial charge on any atom is 0.326 e. The molecule has 0 radical (unpaired) electrons. The van der Waals surface area contributed by atoms with Crippen molar-refractivity contribution in [1.29, 1.82) is 0 Å². The molecule has 2 aromatic carbocycles. The first-order chi connectivity index (χ1) is 9.06. The number of nitrogens with zero attached hydrogens (tertiary/aromatic N) is 1. The maximum absolute atomic E-state index is 12.0. The smallest absolute Gasteiger partial charge is 0.326 e. The molecule has 0 saturated carbocycles. The van der Waals surface area contributed by atoms with E-state index in [0.717, 1.165) is 0 Å². The molecule has 0 saturated heterocycles. The fraction of sp³-hybridized carbons (Fsp3) is 0.0714. The molecule has 0 fully saturated rings. The Morgan fingerprint density at radius 1 is 1.11 bits per heavy atom. The summed E-state index contributed by atoms with van der Waals surface area (Å²) in [4.78, 5) is 13.5. The summed E-state index contributed by atoms with van der Waals surface area (Å²) < 4.78 is 0. The summed E-state index contributed by atoms with van der Waals surface area (Å²) in [6, 6.07) is 13.0. The number of carbonyl (C=O) groups is 1. The first kappa shape index (κ1) is 12.8. The number of aromatic hydroxyl groups is 1. The van der Waals surface area contributed by atoms with Crippen molar-refractivity contribution in [2.75, 3.05) is 23.0 Å². The minimum absolute atomic E-state index is 0.163. The number of urea groups is 1. The Hall–Kier alpha value is -2.69. The van der Waals surface area contributed by atoms with Crippen molar-refractivity contribution in [3.05, 3.63) is 48.5 Å². The van der Waals surface area contributed by atoms with E-state index in [1.54, 1.807) is 43.4 Å². The van der Waals surface area contributed by atoms with Gasteiger partial charge in [0.05, 0.1) is 0 Å². The molecule has 5 heteroatoms. The van der Waals surface area contributed by atoms with Crippen LogP contribution in [0.25, 0.3) is 0 Å². The fourth-order valence-electron chi connectivity index (χ4n) is 1.57. The third kappa shape index (κ3) is 3.16. The lowest BCUT2D eigenvalue weighted by atomic mass is 10.3. The number of nitrogens with two attached hydrogens (primary N) is 1. The van der Waals surface area contributed by atoms with Crippen molar-refractivity contribution >= 4 is 23.1 Å². The van der Waals surface area contributed by atoms with Crippen molar-refractivity contribution in [3.8, 4) is 5.75 Å². The largest absolute Gasteiger partial charge is 0.508 e. The van der Waals surface area contributed by atoms with Gasteiger partial charge < -0.3 is 16.2 Å². The number of nitrogen functional groups attached to an aromatic ring is 1. The fourth-order valence-corrected chi connectivity index (χ4v) is 1.57. The van der Waals surface area contributed by atoms with Crippen molar-refractivity contribution in [3.63, 3.8) is 0 Å². The summed E-state index contributed by atoms with van der Waals surface area (Å²) in [5, 5.41) is 12.0. The summed E-state index contributed by atoms with van der Waals surface area (Å²) in [5.41, 5.74) is 7.58. The summed E-state index contributed by atoms with van der Waals surface area (Å²) in [6.07, 6.45) is 0. The minimum atomic E-state index is -0.268. The second kappa shape index (κ2) is 5.30. The lowest BCUT2D eigenvalue weighted by Gasteiger charge is -2.18. The van der Waals surface area contributed by atoms with Crippen LogP contribution in [0.1, 0.15) is 0 Å². The second-order valence-corrected chi connectivity index (χ2v) is 4.13. The molecule has 0 aliphatic rings. The number of phenols is 1. The number of amides is 2. The van der Waals surface area contributed by atoms with Crippen molar-refractivity contribution < 1.29 is 9.90 Å². The van der Waals surface area contributed by atoms with Gasteiger partial charge in [0, 0.05) is 24.1 Å². The zero-order chi connectivity index (χ0) is 13.8. The number of hydrogen-bond donors (Lipinski definition) is 3. The highest BCUT2D eigenvalue weighted by Crippen LogP contribution is 2.18. The van der Waals surface area contributed by atoms with Gasteiger partial charge in [-0.15, -0.1) is 0 Å². The number of hydrogen-bond acceptors (Lipinski definition) is 3. The normalized spacial score (nSPS) is 9.95. The molecule has 0 aliphatic carbocycles. The quantitative estimate of drug-likeness (QED) is 0.724. The van der Waals surface area contributed by atoms with Gasteiger partial charge in [-0.1, -0.05) is 0 Å². The molecule has 98 valence electrons. The molecule has 0 spiro atoms. The Balaban J connectivity index is 2.07. The molecule has 0 heterocycles. The molecular weight excluding hydrogens is 242 g/mol. The zero-order valence-corrected chi connectivity index (χ0v) is 10.5. The predicted molar refractivity (Wildman–Crippen MR) is 76.4 cm³/mol. The van der Waals surface area contributed by atoms with Gasteiger partial charge in [-0.05, 0) is 48.5 Å². The summed E-state index contributed by atoms with van der Waals surface area (Å²) in [6.45, 7) is 0. The SMILES string of the molecule is CN(C(=O)Nc1ccc(N)cc1)c1ccc(O)cc1. The van der Waals surface area contributed by atoms with Crippen LogP contribution >= 0.6 is 0 Å². The number of benzene rings is 2. The lowest BCUT2D eigenvalue weighted by molar-refractivity contribution is 0.258. The van der Waals surface area contributed by atoms with E-state index < -0.39 is 0 Å². The van der Waals surface area contributed by atoms with E-state index in [4.69, 9.17) is 5.73 Å². The summed E-state index contributed by atoms with van der Waals surface area (Å²) in [7, 11) is 1.65. The van der Waals surface area contributed by atoms with E-state index in [0.29, 0.717) is 17.1 Å². The van der Waals surface area contributed by atoms with Crippen LogP contribution in [0.3, 0.4) is 0 Å². The zero-order valence-electron chi connectivity index (χ0n) is 10.5. The minimum Gasteiger partial charge on any atom is -0.508 e. The van der Waals surface area contributed by atoms with Gasteiger partial charge in [-0.3, -0.25) is 4.90 Å². The van der Waals surface area contributed by atoms with Crippen molar-refractivity contribution in [2.24, 2.45) is 0 Å². The van der Waals surface area contributed by atoms with Gasteiger partial charge in [-0.25, -0.2) is 4.79 Å². The number of nitrogens with one attached hydrogen (secondary N) is 1. The predicted octanol–water partition coefficient (Wildman–Crippen LogP) is 2.64. The number of rotatable bonds is 2. The first-order valence-electron chi connectivity index (χ1n) is 5.75. The molecule has 0 atom stereocenters. The number of carbonyl (C=O) groups excluding carboxylic acids is 1. The van der Waals surface area contributed by atoms with E-state index in [2.05, 4.69) is 5.32 Å². The monoisotopic (exact) mass is 257 g/mol. The third-order valence-electron chi connectivity index (χ3n) is 2.70. The van der Waals surface area contributed by atoms with Gasteiger partial charge >= 0.3 is 6.03 Å². The van der Waals surface area contributed by atoms with Gasteiger partial charge in [0.2, 0.25) is 0 Å². The summed E-state index contributed by atoms with van der Waals surface area (Å²) >= 11 is 0. The Bertz CT molecular complexity index is 564. The van der Waals surface area contributed by atoms with Crippen LogP contribution < -0.4 is 16.0 Å². The first-order valence-corrected chi connectivity index (χ1v) is 5.75. The van der Waals surface area contributed by atoms with Crippen LogP contribution in [0.15, 0.2) is 48.5 Å². The van der Waals surface area contributed by atoms with Crippen LogP contribution in [0.5, 0.6) is 5.75 Å². The van der Waals surface area contributed by atoms with E-state index in [1.807, 2.05) is 0 Å². The number of phenolic OH excluding ortho intramolecular Hbond substituents is 1. The average Bonchev–Trinajstić information content (AvgIpc) is 2.41. The van der Waals surface area contributed by atoms with Crippen LogP contribution in [0, 0.1) is 0 Å². The Kier molecular flexibility index (Phi) is 3.56. The maximum atomic E-state index is 12.0. The van der Waals surface area contributed by atoms with E-state index >= 15 is 0 Å². The van der Waals surface area contributed by atoms with Crippen LogP contribution in [-0.2, 0) is 0 Å². The molecule has 2 rings (SSSR count). The molecule has 0 bridgehead atoms. The molecule has 2 amide bonds. The molecule has 19 heavy (non-hydrogen) atoms. The molecule has 0 aliphatic heterocycles. The van der Waals surface area contributed by atoms with Crippen LogP contribution in [-0.4, -0.2) is 18.2 Å². The van der Waals surface area contributed by atoms with E-state index in [9.17, 15) is 9.90 Å². The van der Waals surface area contributed by atoms with Gasteiger partial charge in [0.15, 0.2) is 0 Å². The Morgan fingerprint density at radius 3 is 2.26 bits per heavy atom. The van der Waals surface area contributed by atoms with Crippen molar-refractivity contribution in [1.82, 2.24) is 0 Å². The highest BCUT2D eigenvalue weighted by atomic mass is 16.3. The van der Waals surface area contributed by atoms with E-state index in [1.165, 1.54) is 17.0 Å². The van der Waals surface area contributed by atoms with Gasteiger partial charge in [-0.2, -0.15) is 0 Å². The second-order valence-electron chi connectivity index (χ2n) is 4.13. The highest BCUT2D eigenvalue weighted by Gasteiger charge is 2.10. The topological polar surface area (TPSA) is 78.6 Å². The molecule has 2 aromatic rings. The van der Waals surface area contributed by atoms with Crippen LogP contribution in [0.4, 0.5) is 21.9 Å². The highest BCUT2D eigenvalue weighted by molar-refractivity contribution is 6.01. The Morgan fingerprint density at radius 2 is 1.68 bits per heavy atom.